The molecule has 0 heterocycles. The van der Waals surface area contributed by atoms with Gasteiger partial charge in [-0.25, -0.2) is 0 Å². The molecule has 0 aliphatic heterocycles. The Morgan fingerprint density at radius 3 is 1.00 bits per heavy atom. The minimum absolute atomic E-state index is 0. The van der Waals surface area contributed by atoms with E-state index in [0.29, 0.717) is 0 Å². The zero-order valence-corrected chi connectivity index (χ0v) is 4.03. The second-order valence-electron chi connectivity index (χ2n) is 0. The van der Waals surface area contributed by atoms with Gasteiger partial charge < -0.3 is 4.79 Å². The SMILES string of the molecule is C=O.[Fe].[Fe]. The Bertz CT molecular complexity index is 6.00. The maximum atomic E-state index is 8.00. The molecular weight excluding hydrogens is 140 g/mol. The summed E-state index contributed by atoms with van der Waals surface area (Å²) in [6.45, 7) is 2.00. The molecule has 0 amide bonds. The Morgan fingerprint density at radius 2 is 1.00 bits per heavy atom. The minimum atomic E-state index is 0. The molecule has 0 atom stereocenters. The van der Waals surface area contributed by atoms with Crippen LogP contribution in [0.1, 0.15) is 0 Å². The maximum Gasteiger partial charge on any atom is 0.106 e. The predicted molar refractivity (Wildman–Crippen MR) is 7.12 cm³/mol. The van der Waals surface area contributed by atoms with Crippen LogP contribution in [0.25, 0.3) is 0 Å². The zero-order chi connectivity index (χ0) is 2.00. The third-order valence-corrected chi connectivity index (χ3v) is 0. The molecule has 4 heavy (non-hydrogen) atoms. The summed E-state index contributed by atoms with van der Waals surface area (Å²) in [6, 6.07) is 0. The van der Waals surface area contributed by atoms with Gasteiger partial charge in [-0.2, -0.15) is 0 Å². The van der Waals surface area contributed by atoms with Crippen molar-refractivity contribution in [2.45, 2.75) is 0 Å². The van der Waals surface area contributed by atoms with Crippen LogP contribution in [-0.4, -0.2) is 6.79 Å². The molecule has 0 fully saturated rings. The van der Waals surface area contributed by atoms with Crippen LogP contribution in [0.4, 0.5) is 0 Å². The molecule has 0 radical (unpaired) electrons. The normalized spacial score (nSPS) is 1.00. The molecule has 0 saturated heterocycles. The summed E-state index contributed by atoms with van der Waals surface area (Å²) in [5, 5.41) is 0. The van der Waals surface area contributed by atoms with E-state index >= 15 is 0 Å². The standard InChI is InChI=1S/CH2O.2Fe/c1-2;;/h1H2;;. The number of carbonyl (C=O) groups is 1. The van der Waals surface area contributed by atoms with Gasteiger partial charge in [0.2, 0.25) is 0 Å². The van der Waals surface area contributed by atoms with E-state index in [-0.39, 0.29) is 34.1 Å². The number of carbonyl (C=O) groups excluding carboxylic acids is 1. The minimum Gasteiger partial charge on any atom is -0.307 e. The molecule has 0 N–H and O–H groups in total. The summed E-state index contributed by atoms with van der Waals surface area (Å²) in [6.07, 6.45) is 0. The molecule has 0 rings (SSSR count). The van der Waals surface area contributed by atoms with Crippen LogP contribution in [0.5, 0.6) is 0 Å². The summed E-state index contributed by atoms with van der Waals surface area (Å²) in [4.78, 5) is 8.00. The number of rotatable bonds is 0. The summed E-state index contributed by atoms with van der Waals surface area (Å²) in [5.74, 6) is 0. The molecule has 3 heteroatoms. The maximum absolute atomic E-state index is 8.00. The van der Waals surface area contributed by atoms with E-state index in [1.54, 1.807) is 0 Å². The Hall–Kier alpha value is 0.709. The Morgan fingerprint density at radius 1 is 1.00 bits per heavy atom. The van der Waals surface area contributed by atoms with Crippen molar-refractivity contribution < 1.29 is 38.9 Å². The van der Waals surface area contributed by atoms with Crippen molar-refractivity contribution in [3.8, 4) is 0 Å². The van der Waals surface area contributed by atoms with Crippen LogP contribution >= 0.6 is 0 Å². The van der Waals surface area contributed by atoms with Gasteiger partial charge in [-0.15, -0.1) is 0 Å². The van der Waals surface area contributed by atoms with Gasteiger partial charge in [0.1, 0.15) is 6.79 Å². The van der Waals surface area contributed by atoms with Crippen molar-refractivity contribution in [2.75, 3.05) is 0 Å². The Kier molecular flexibility index (Phi) is 300. The zero-order valence-electron chi connectivity index (χ0n) is 1.82. The molecule has 0 aliphatic rings. The van der Waals surface area contributed by atoms with E-state index in [1.807, 2.05) is 6.79 Å². The van der Waals surface area contributed by atoms with Crippen LogP contribution in [0.3, 0.4) is 0 Å². The first-order chi connectivity index (χ1) is 1.00. The summed E-state index contributed by atoms with van der Waals surface area (Å²) in [5.41, 5.74) is 0. The van der Waals surface area contributed by atoms with Crippen molar-refractivity contribution in [2.24, 2.45) is 0 Å². The quantitative estimate of drug-likeness (QED) is 0.428. The molecule has 0 unspecified atom stereocenters. The fourth-order valence-electron chi connectivity index (χ4n) is 0. The van der Waals surface area contributed by atoms with E-state index in [0.717, 1.165) is 0 Å². The van der Waals surface area contributed by atoms with Crippen molar-refractivity contribution >= 4 is 6.79 Å². The van der Waals surface area contributed by atoms with Crippen molar-refractivity contribution in [1.82, 2.24) is 0 Å². The predicted octanol–water partition coefficient (Wildman–Crippen LogP) is -0.190. The number of hydrogen-bond donors (Lipinski definition) is 0. The van der Waals surface area contributed by atoms with Crippen LogP contribution < -0.4 is 0 Å². The van der Waals surface area contributed by atoms with Crippen molar-refractivity contribution in [1.29, 1.82) is 0 Å². The number of hydrogen-bond acceptors (Lipinski definition) is 1. The average Bonchev–Trinajstić information content (AvgIpc) is 1.00. The van der Waals surface area contributed by atoms with E-state index < -0.39 is 0 Å². The summed E-state index contributed by atoms with van der Waals surface area (Å²) >= 11 is 0. The first-order valence-corrected chi connectivity index (χ1v) is 0.289. The molecule has 28 valence electrons. The second-order valence-corrected chi connectivity index (χ2v) is 0. The largest absolute Gasteiger partial charge is 0.307 e. The van der Waals surface area contributed by atoms with Gasteiger partial charge in [0.05, 0.1) is 0 Å². The van der Waals surface area contributed by atoms with Gasteiger partial charge in [-0.1, -0.05) is 0 Å². The Labute approximate surface area is 46.1 Å². The first-order valence-electron chi connectivity index (χ1n) is 0.289. The topological polar surface area (TPSA) is 17.1 Å². The fraction of sp³-hybridized carbons (Fsp3) is 0. The van der Waals surface area contributed by atoms with E-state index in [9.17, 15) is 0 Å². The first kappa shape index (κ1) is 22.2. The Balaban J connectivity index is -0.00000000500. The van der Waals surface area contributed by atoms with Gasteiger partial charge in [0.25, 0.3) is 0 Å². The van der Waals surface area contributed by atoms with Gasteiger partial charge >= 0.3 is 0 Å². The average molecular weight is 142 g/mol. The molecule has 0 spiro atoms. The van der Waals surface area contributed by atoms with Crippen LogP contribution in [0.2, 0.25) is 0 Å². The van der Waals surface area contributed by atoms with Gasteiger partial charge in [-0.3, -0.25) is 0 Å². The summed E-state index contributed by atoms with van der Waals surface area (Å²) < 4.78 is 0. The van der Waals surface area contributed by atoms with Crippen LogP contribution in [0.15, 0.2) is 0 Å². The molecule has 0 saturated carbocycles. The fourth-order valence-corrected chi connectivity index (χ4v) is 0. The van der Waals surface area contributed by atoms with Crippen molar-refractivity contribution in [3.05, 3.63) is 0 Å². The van der Waals surface area contributed by atoms with Crippen LogP contribution in [-0.2, 0) is 38.9 Å². The van der Waals surface area contributed by atoms with Gasteiger partial charge in [0.15, 0.2) is 0 Å². The van der Waals surface area contributed by atoms with E-state index in [4.69, 9.17) is 4.79 Å². The molecular formula is CH2Fe2O. The third-order valence-electron chi connectivity index (χ3n) is 0. The van der Waals surface area contributed by atoms with Crippen molar-refractivity contribution in [3.63, 3.8) is 0 Å². The van der Waals surface area contributed by atoms with Crippen LogP contribution in [0, 0.1) is 0 Å². The van der Waals surface area contributed by atoms with Gasteiger partial charge in [0, 0.05) is 34.1 Å². The molecule has 0 aromatic carbocycles. The molecule has 0 aliphatic carbocycles. The molecule has 0 bridgehead atoms. The van der Waals surface area contributed by atoms with E-state index in [1.165, 1.54) is 0 Å². The molecule has 1 nitrogen and oxygen atoms in total. The third kappa shape index (κ3) is 15.7. The summed E-state index contributed by atoms with van der Waals surface area (Å²) in [7, 11) is 0. The molecule has 0 aromatic rings. The van der Waals surface area contributed by atoms with Gasteiger partial charge in [-0.05, 0) is 0 Å². The monoisotopic (exact) mass is 142 g/mol. The molecule has 0 aromatic heterocycles. The second kappa shape index (κ2) is 54.2. The smallest absolute Gasteiger partial charge is 0.106 e. The van der Waals surface area contributed by atoms with E-state index in [2.05, 4.69) is 0 Å².